The smallest absolute Gasteiger partial charge is 0.336 e. The van der Waals surface area contributed by atoms with Gasteiger partial charge in [-0.3, -0.25) is 4.72 Å². The Hall–Kier alpha value is -1.38. The van der Waals surface area contributed by atoms with Gasteiger partial charge in [0.05, 0.1) is 5.56 Å². The molecule has 0 amide bonds. The van der Waals surface area contributed by atoms with E-state index in [1.807, 2.05) is 0 Å². The Kier molecular flexibility index (Phi) is 4.17. The lowest BCUT2D eigenvalue weighted by Crippen LogP contribution is -2.13. The van der Waals surface area contributed by atoms with Crippen LogP contribution >= 0.6 is 27.3 Å². The van der Waals surface area contributed by atoms with Crippen LogP contribution in [0.25, 0.3) is 0 Å². The maximum atomic E-state index is 12.2. The van der Waals surface area contributed by atoms with Crippen molar-refractivity contribution < 1.29 is 18.3 Å². The zero-order valence-electron chi connectivity index (χ0n) is 10.3. The fourth-order valence-corrected chi connectivity index (χ4v) is 4.98. The summed E-state index contributed by atoms with van der Waals surface area (Å²) in [6.45, 7) is 1.65. The van der Waals surface area contributed by atoms with E-state index in [1.165, 1.54) is 12.1 Å². The minimum absolute atomic E-state index is 0.0652. The van der Waals surface area contributed by atoms with E-state index in [4.69, 9.17) is 5.11 Å². The topological polar surface area (TPSA) is 83.5 Å². The summed E-state index contributed by atoms with van der Waals surface area (Å²) in [6.07, 6.45) is 0. The quantitative estimate of drug-likeness (QED) is 0.858. The number of benzene rings is 1. The predicted molar refractivity (Wildman–Crippen MR) is 81.0 cm³/mol. The molecule has 5 nitrogen and oxygen atoms in total. The summed E-state index contributed by atoms with van der Waals surface area (Å²) >= 11 is 4.24. The third kappa shape index (κ3) is 3.02. The highest BCUT2D eigenvalue weighted by Crippen LogP contribution is 2.29. The lowest BCUT2D eigenvalue weighted by molar-refractivity contribution is 0.0696. The van der Waals surface area contributed by atoms with Gasteiger partial charge in [0.15, 0.2) is 4.21 Å². The fourth-order valence-electron chi connectivity index (χ4n) is 1.59. The Morgan fingerprint density at radius 1 is 1.35 bits per heavy atom. The van der Waals surface area contributed by atoms with E-state index in [2.05, 4.69) is 20.7 Å². The van der Waals surface area contributed by atoms with Crippen LogP contribution in [0.2, 0.25) is 0 Å². The molecule has 0 saturated carbocycles. The molecular formula is C12H10BrNO4S2. The SMILES string of the molecule is Cc1ccc(NS(=O)(=O)c2sccc2Br)cc1C(=O)O. The first-order valence-electron chi connectivity index (χ1n) is 5.41. The number of rotatable bonds is 4. The fraction of sp³-hybridized carbons (Fsp3) is 0.0833. The molecule has 0 atom stereocenters. The molecule has 0 spiro atoms. The zero-order chi connectivity index (χ0) is 14.9. The van der Waals surface area contributed by atoms with Crippen LogP contribution in [0, 0.1) is 6.92 Å². The van der Waals surface area contributed by atoms with E-state index in [-0.39, 0.29) is 15.5 Å². The average Bonchev–Trinajstić information content (AvgIpc) is 2.78. The normalized spacial score (nSPS) is 11.3. The summed E-state index contributed by atoms with van der Waals surface area (Å²) in [6, 6.07) is 6.03. The summed E-state index contributed by atoms with van der Waals surface area (Å²) in [5, 5.41) is 10.7. The largest absolute Gasteiger partial charge is 0.478 e. The third-order valence-electron chi connectivity index (χ3n) is 2.55. The maximum absolute atomic E-state index is 12.2. The molecule has 2 aromatic rings. The van der Waals surface area contributed by atoms with E-state index in [9.17, 15) is 13.2 Å². The lowest BCUT2D eigenvalue weighted by Gasteiger charge is -2.09. The Morgan fingerprint density at radius 3 is 2.60 bits per heavy atom. The molecule has 0 fully saturated rings. The Labute approximate surface area is 128 Å². The van der Waals surface area contributed by atoms with Gasteiger partial charge in [-0.05, 0) is 52.0 Å². The molecule has 0 aliphatic carbocycles. The maximum Gasteiger partial charge on any atom is 0.336 e. The Balaban J connectivity index is 2.38. The number of hydrogen-bond acceptors (Lipinski definition) is 4. The van der Waals surface area contributed by atoms with Crippen LogP contribution in [0.5, 0.6) is 0 Å². The van der Waals surface area contributed by atoms with Crippen molar-refractivity contribution in [1.82, 2.24) is 0 Å². The van der Waals surface area contributed by atoms with E-state index < -0.39 is 16.0 Å². The van der Waals surface area contributed by atoms with Gasteiger partial charge in [0.1, 0.15) is 0 Å². The van der Waals surface area contributed by atoms with Crippen LogP contribution < -0.4 is 4.72 Å². The minimum atomic E-state index is -3.73. The van der Waals surface area contributed by atoms with Gasteiger partial charge >= 0.3 is 5.97 Å². The molecule has 1 aromatic heterocycles. The number of carbonyl (C=O) groups is 1. The molecule has 2 N–H and O–H groups in total. The van der Waals surface area contributed by atoms with E-state index >= 15 is 0 Å². The second kappa shape index (κ2) is 5.55. The first kappa shape index (κ1) is 15.0. The molecule has 1 aromatic carbocycles. The third-order valence-corrected chi connectivity index (χ3v) is 6.60. The summed E-state index contributed by atoms with van der Waals surface area (Å²) < 4.78 is 27.3. The molecule has 0 bridgehead atoms. The van der Waals surface area contributed by atoms with Gasteiger partial charge in [-0.25, -0.2) is 13.2 Å². The minimum Gasteiger partial charge on any atom is -0.478 e. The molecule has 1 heterocycles. The molecule has 0 saturated heterocycles. The van der Waals surface area contributed by atoms with Gasteiger partial charge in [0.25, 0.3) is 10.0 Å². The molecule has 8 heteroatoms. The van der Waals surface area contributed by atoms with Gasteiger partial charge in [-0.1, -0.05) is 6.07 Å². The van der Waals surface area contributed by atoms with Crippen LogP contribution in [0.4, 0.5) is 5.69 Å². The Morgan fingerprint density at radius 2 is 2.05 bits per heavy atom. The summed E-state index contributed by atoms with van der Waals surface area (Å²) in [7, 11) is -3.73. The number of carboxylic acids is 1. The molecule has 0 radical (unpaired) electrons. The van der Waals surface area contributed by atoms with Crippen LogP contribution in [-0.2, 0) is 10.0 Å². The molecule has 2 rings (SSSR count). The summed E-state index contributed by atoms with van der Waals surface area (Å²) in [5.74, 6) is -1.10. The number of halogens is 1. The van der Waals surface area contributed by atoms with Crippen LogP contribution in [0.3, 0.4) is 0 Å². The number of anilines is 1. The van der Waals surface area contributed by atoms with Crippen LogP contribution in [0.1, 0.15) is 15.9 Å². The summed E-state index contributed by atoms with van der Waals surface area (Å²) in [4.78, 5) is 11.0. The highest BCUT2D eigenvalue weighted by atomic mass is 79.9. The monoisotopic (exact) mass is 375 g/mol. The first-order chi connectivity index (χ1) is 9.31. The highest BCUT2D eigenvalue weighted by molar-refractivity contribution is 9.10. The van der Waals surface area contributed by atoms with Crippen molar-refractivity contribution >= 4 is 48.9 Å². The van der Waals surface area contributed by atoms with Crippen LogP contribution in [0.15, 0.2) is 38.3 Å². The number of aromatic carboxylic acids is 1. The summed E-state index contributed by atoms with van der Waals surface area (Å²) in [5.41, 5.74) is 0.849. The van der Waals surface area contributed by atoms with Crippen molar-refractivity contribution in [1.29, 1.82) is 0 Å². The van der Waals surface area contributed by atoms with Gasteiger partial charge in [0, 0.05) is 10.2 Å². The molecule has 0 unspecified atom stereocenters. The zero-order valence-corrected chi connectivity index (χ0v) is 13.5. The number of thiophene rings is 1. The Bertz CT molecular complexity index is 768. The standard InChI is InChI=1S/C12H10BrNO4S2/c1-7-2-3-8(6-9(7)11(15)16)14-20(17,18)12-10(13)4-5-19-12/h2-6,14H,1H3,(H,15,16). The molecule has 20 heavy (non-hydrogen) atoms. The molecular weight excluding hydrogens is 366 g/mol. The number of carboxylic acid groups (broad SMARTS) is 1. The van der Waals surface area contributed by atoms with Crippen molar-refractivity contribution in [2.24, 2.45) is 0 Å². The molecule has 0 aliphatic rings. The predicted octanol–water partition coefficient (Wildman–Crippen LogP) is 3.32. The van der Waals surface area contributed by atoms with Gasteiger partial charge < -0.3 is 5.11 Å². The highest BCUT2D eigenvalue weighted by Gasteiger charge is 2.20. The second-order valence-corrected chi connectivity index (χ2v) is 7.64. The van der Waals surface area contributed by atoms with Gasteiger partial charge in [0.2, 0.25) is 0 Å². The number of aryl methyl sites for hydroxylation is 1. The van der Waals surface area contributed by atoms with Crippen molar-refractivity contribution in [2.45, 2.75) is 11.1 Å². The van der Waals surface area contributed by atoms with Crippen molar-refractivity contribution in [3.05, 3.63) is 45.2 Å². The lowest BCUT2D eigenvalue weighted by atomic mass is 10.1. The van der Waals surface area contributed by atoms with E-state index in [0.29, 0.717) is 10.0 Å². The number of nitrogens with one attached hydrogen (secondary N) is 1. The van der Waals surface area contributed by atoms with E-state index in [1.54, 1.807) is 24.4 Å². The van der Waals surface area contributed by atoms with Gasteiger partial charge in [-0.15, -0.1) is 11.3 Å². The number of sulfonamides is 1. The van der Waals surface area contributed by atoms with Crippen molar-refractivity contribution in [2.75, 3.05) is 4.72 Å². The average molecular weight is 376 g/mol. The first-order valence-corrected chi connectivity index (χ1v) is 8.56. The van der Waals surface area contributed by atoms with Crippen LogP contribution in [-0.4, -0.2) is 19.5 Å². The van der Waals surface area contributed by atoms with Gasteiger partial charge in [-0.2, -0.15) is 0 Å². The van der Waals surface area contributed by atoms with E-state index in [0.717, 1.165) is 11.3 Å². The van der Waals surface area contributed by atoms with Crippen molar-refractivity contribution in [3.63, 3.8) is 0 Å². The number of hydrogen-bond donors (Lipinski definition) is 2. The molecule has 106 valence electrons. The molecule has 0 aliphatic heterocycles. The van der Waals surface area contributed by atoms with Crippen molar-refractivity contribution in [3.8, 4) is 0 Å². The second-order valence-electron chi connectivity index (χ2n) is 4.00.